The monoisotopic (exact) mass is 245 g/mol. The number of nitrogens with one attached hydrogen (secondary N) is 1. The van der Waals surface area contributed by atoms with E-state index in [1.165, 1.54) is 6.92 Å². The van der Waals surface area contributed by atoms with Crippen molar-refractivity contribution < 1.29 is 10.2 Å². The fourth-order valence-corrected chi connectivity index (χ4v) is 1.31. The lowest BCUT2D eigenvalue weighted by Crippen LogP contribution is -2.37. The normalized spacial score (nSPS) is 14.6. The van der Waals surface area contributed by atoms with Gasteiger partial charge in [0.25, 0.3) is 0 Å². The summed E-state index contributed by atoms with van der Waals surface area (Å²) in [4.78, 5) is 8.17. The largest absolute Gasteiger partial charge is 0.393 e. The second-order valence-corrected chi connectivity index (χ2v) is 4.40. The van der Waals surface area contributed by atoms with Crippen LogP contribution in [-0.4, -0.2) is 38.9 Å². The molecule has 1 aromatic heterocycles. The molecule has 5 nitrogen and oxygen atoms in total. The predicted octanol–water partition coefficient (Wildman–Crippen LogP) is 0.902. The number of halogens is 1. The molecule has 0 aromatic carbocycles. The van der Waals surface area contributed by atoms with Crippen molar-refractivity contribution in [2.24, 2.45) is 0 Å². The summed E-state index contributed by atoms with van der Waals surface area (Å²) < 4.78 is 0. The van der Waals surface area contributed by atoms with Crippen LogP contribution in [0.5, 0.6) is 0 Å². The number of aromatic nitrogens is 2. The first kappa shape index (κ1) is 13.2. The van der Waals surface area contributed by atoms with Crippen LogP contribution < -0.4 is 5.32 Å². The Morgan fingerprint density at radius 1 is 1.38 bits per heavy atom. The van der Waals surface area contributed by atoms with Crippen LogP contribution in [0, 0.1) is 13.8 Å². The molecule has 16 heavy (non-hydrogen) atoms. The summed E-state index contributed by atoms with van der Waals surface area (Å²) in [6, 6.07) is 0. The maximum absolute atomic E-state index is 9.63. The molecule has 0 aliphatic heterocycles. The Labute approximate surface area is 99.5 Å². The zero-order valence-corrected chi connectivity index (χ0v) is 10.3. The Bertz CT molecular complexity index is 383. The lowest BCUT2D eigenvalue weighted by atomic mass is 10.1. The first-order valence-electron chi connectivity index (χ1n) is 4.93. The molecule has 0 fully saturated rings. The molecule has 0 spiro atoms. The van der Waals surface area contributed by atoms with Crippen molar-refractivity contribution in [2.45, 2.75) is 26.4 Å². The molecule has 1 heterocycles. The maximum atomic E-state index is 9.63. The molecule has 3 N–H and O–H groups in total. The van der Waals surface area contributed by atoms with E-state index in [1.54, 1.807) is 13.8 Å². The molecule has 0 amide bonds. The van der Waals surface area contributed by atoms with Crippen LogP contribution in [0.4, 0.5) is 5.82 Å². The zero-order chi connectivity index (χ0) is 12.3. The summed E-state index contributed by atoms with van der Waals surface area (Å²) in [5.41, 5.74) is -0.460. The van der Waals surface area contributed by atoms with E-state index in [9.17, 15) is 5.11 Å². The number of hydrogen-bond donors (Lipinski definition) is 3. The van der Waals surface area contributed by atoms with Crippen LogP contribution in [-0.2, 0) is 0 Å². The van der Waals surface area contributed by atoms with Gasteiger partial charge in [-0.1, -0.05) is 11.6 Å². The van der Waals surface area contributed by atoms with Crippen LogP contribution in [0.2, 0.25) is 5.15 Å². The third kappa shape index (κ3) is 3.30. The van der Waals surface area contributed by atoms with Gasteiger partial charge in [0.2, 0.25) is 0 Å². The SMILES string of the molecule is Cc1nc(Cl)c(C)c(NCC(C)(O)CO)n1. The summed E-state index contributed by atoms with van der Waals surface area (Å²) in [5.74, 6) is 1.13. The van der Waals surface area contributed by atoms with E-state index < -0.39 is 5.60 Å². The Morgan fingerprint density at radius 3 is 2.56 bits per heavy atom. The lowest BCUT2D eigenvalue weighted by molar-refractivity contribution is 0.0131. The van der Waals surface area contributed by atoms with Crippen molar-refractivity contribution in [1.29, 1.82) is 0 Å². The molecule has 1 atom stereocenters. The minimum Gasteiger partial charge on any atom is -0.393 e. The van der Waals surface area contributed by atoms with Crippen LogP contribution >= 0.6 is 11.6 Å². The van der Waals surface area contributed by atoms with Gasteiger partial charge in [-0.3, -0.25) is 0 Å². The van der Waals surface area contributed by atoms with Crippen molar-refractivity contribution in [3.8, 4) is 0 Å². The molecule has 1 rings (SSSR count). The van der Waals surface area contributed by atoms with Gasteiger partial charge in [0, 0.05) is 12.1 Å². The Morgan fingerprint density at radius 2 is 2.00 bits per heavy atom. The molecular formula is C10H16ClN3O2. The fraction of sp³-hybridized carbons (Fsp3) is 0.600. The van der Waals surface area contributed by atoms with E-state index in [4.69, 9.17) is 16.7 Å². The molecule has 1 unspecified atom stereocenters. The Balaban J connectivity index is 2.82. The highest BCUT2D eigenvalue weighted by Gasteiger charge is 2.19. The Hall–Kier alpha value is -0.910. The number of aliphatic hydroxyl groups is 2. The summed E-state index contributed by atoms with van der Waals surface area (Å²) in [7, 11) is 0. The van der Waals surface area contributed by atoms with E-state index in [0.29, 0.717) is 16.8 Å². The van der Waals surface area contributed by atoms with Gasteiger partial charge in [0.1, 0.15) is 22.4 Å². The van der Waals surface area contributed by atoms with E-state index in [1.807, 2.05) is 0 Å². The molecule has 1 aromatic rings. The molecule has 0 saturated carbocycles. The fourth-order valence-electron chi connectivity index (χ4n) is 1.10. The Kier molecular flexibility index (Phi) is 4.07. The van der Waals surface area contributed by atoms with Gasteiger partial charge in [-0.15, -0.1) is 0 Å². The number of aliphatic hydroxyl groups excluding tert-OH is 1. The van der Waals surface area contributed by atoms with Gasteiger partial charge in [0.15, 0.2) is 0 Å². The lowest BCUT2D eigenvalue weighted by Gasteiger charge is -2.21. The standard InChI is InChI=1S/C10H16ClN3O2/c1-6-8(11)13-7(2)14-9(6)12-4-10(3,16)5-15/h15-16H,4-5H2,1-3H3,(H,12,13,14). The van der Waals surface area contributed by atoms with Gasteiger partial charge in [0.05, 0.1) is 6.61 Å². The molecular weight excluding hydrogens is 230 g/mol. The van der Waals surface area contributed by atoms with Crippen molar-refractivity contribution >= 4 is 17.4 Å². The van der Waals surface area contributed by atoms with Crippen molar-refractivity contribution in [1.82, 2.24) is 9.97 Å². The molecule has 0 saturated heterocycles. The molecule has 0 bridgehead atoms. The van der Waals surface area contributed by atoms with Crippen LogP contribution in [0.25, 0.3) is 0 Å². The first-order chi connectivity index (χ1) is 7.35. The second kappa shape index (κ2) is 4.95. The maximum Gasteiger partial charge on any atom is 0.137 e. The van der Waals surface area contributed by atoms with E-state index >= 15 is 0 Å². The topological polar surface area (TPSA) is 78.3 Å². The summed E-state index contributed by atoms with van der Waals surface area (Å²) in [6.45, 7) is 4.93. The minimum absolute atomic E-state index is 0.192. The van der Waals surface area contributed by atoms with E-state index in [-0.39, 0.29) is 13.2 Å². The number of nitrogens with zero attached hydrogens (tertiary/aromatic N) is 2. The summed E-state index contributed by atoms with van der Waals surface area (Å²) in [6.07, 6.45) is 0. The number of rotatable bonds is 4. The summed E-state index contributed by atoms with van der Waals surface area (Å²) in [5, 5.41) is 21.9. The smallest absolute Gasteiger partial charge is 0.137 e. The predicted molar refractivity (Wildman–Crippen MR) is 62.7 cm³/mol. The second-order valence-electron chi connectivity index (χ2n) is 4.04. The van der Waals surface area contributed by atoms with Gasteiger partial charge < -0.3 is 15.5 Å². The van der Waals surface area contributed by atoms with E-state index in [0.717, 1.165) is 5.56 Å². The highest BCUT2D eigenvalue weighted by atomic mass is 35.5. The average Bonchev–Trinajstić information content (AvgIpc) is 2.21. The van der Waals surface area contributed by atoms with Crippen LogP contribution in [0.3, 0.4) is 0 Å². The highest BCUT2D eigenvalue weighted by molar-refractivity contribution is 6.30. The molecule has 90 valence electrons. The van der Waals surface area contributed by atoms with Crippen molar-refractivity contribution in [2.75, 3.05) is 18.5 Å². The number of anilines is 1. The van der Waals surface area contributed by atoms with Crippen molar-refractivity contribution in [3.63, 3.8) is 0 Å². The van der Waals surface area contributed by atoms with E-state index in [2.05, 4.69) is 15.3 Å². The van der Waals surface area contributed by atoms with Crippen LogP contribution in [0.15, 0.2) is 0 Å². The van der Waals surface area contributed by atoms with Gasteiger partial charge in [-0.05, 0) is 20.8 Å². The first-order valence-corrected chi connectivity index (χ1v) is 5.31. The number of aryl methyl sites for hydroxylation is 1. The molecule has 0 aliphatic carbocycles. The summed E-state index contributed by atoms with van der Waals surface area (Å²) >= 11 is 5.90. The van der Waals surface area contributed by atoms with Gasteiger partial charge >= 0.3 is 0 Å². The highest BCUT2D eigenvalue weighted by Crippen LogP contribution is 2.20. The minimum atomic E-state index is -1.18. The van der Waals surface area contributed by atoms with Gasteiger partial charge in [-0.2, -0.15) is 0 Å². The van der Waals surface area contributed by atoms with Crippen LogP contribution in [0.1, 0.15) is 18.3 Å². The molecule has 0 radical (unpaired) electrons. The third-order valence-electron chi connectivity index (χ3n) is 2.18. The van der Waals surface area contributed by atoms with Gasteiger partial charge in [-0.25, -0.2) is 9.97 Å². The zero-order valence-electron chi connectivity index (χ0n) is 9.58. The number of hydrogen-bond acceptors (Lipinski definition) is 5. The molecule has 0 aliphatic rings. The van der Waals surface area contributed by atoms with Crippen molar-refractivity contribution in [3.05, 3.63) is 16.5 Å². The average molecular weight is 246 g/mol. The molecule has 6 heteroatoms. The quantitative estimate of drug-likeness (QED) is 0.687. The third-order valence-corrected chi connectivity index (χ3v) is 2.54.